The molecule has 0 N–H and O–H groups in total. The van der Waals surface area contributed by atoms with Crippen LogP contribution in [0.2, 0.25) is 0 Å². The number of hydrogen-bond acceptors (Lipinski definition) is 8. The van der Waals surface area contributed by atoms with E-state index in [0.717, 1.165) is 70.6 Å². The summed E-state index contributed by atoms with van der Waals surface area (Å²) in [6.45, 7) is 4.16. The first kappa shape index (κ1) is 77.7. The summed E-state index contributed by atoms with van der Waals surface area (Å²) >= 11 is 0. The van der Waals surface area contributed by atoms with E-state index >= 15 is 0 Å². The number of esters is 2. The monoisotopic (exact) mass is 1140 g/mol. The summed E-state index contributed by atoms with van der Waals surface area (Å²) in [7, 11) is 1.18. The molecular formula is C70H130NO8P. The molecule has 2 atom stereocenters. The van der Waals surface area contributed by atoms with E-state index in [1.54, 1.807) is 0 Å². The molecule has 0 aromatic heterocycles. The van der Waals surface area contributed by atoms with Crippen molar-refractivity contribution in [3.63, 3.8) is 0 Å². The van der Waals surface area contributed by atoms with E-state index in [4.69, 9.17) is 18.5 Å². The number of phosphoric acid groups is 1. The van der Waals surface area contributed by atoms with Gasteiger partial charge in [-0.05, 0) is 77.0 Å². The van der Waals surface area contributed by atoms with Crippen molar-refractivity contribution in [2.24, 2.45) is 0 Å². The second kappa shape index (κ2) is 61.3. The molecule has 0 amide bonds. The van der Waals surface area contributed by atoms with E-state index in [-0.39, 0.29) is 32.0 Å². The number of carbonyl (C=O) groups excluding carboxylic acids is 2. The van der Waals surface area contributed by atoms with Crippen molar-refractivity contribution >= 4 is 19.8 Å². The van der Waals surface area contributed by atoms with Crippen LogP contribution < -0.4 is 4.89 Å². The topological polar surface area (TPSA) is 111 Å². The van der Waals surface area contributed by atoms with Gasteiger partial charge in [0.25, 0.3) is 7.82 Å². The highest BCUT2D eigenvalue weighted by Gasteiger charge is 2.22. The minimum atomic E-state index is -4.64. The molecule has 0 rings (SSSR count). The number of nitrogens with zero attached hydrogens (tertiary/aromatic N) is 1. The van der Waals surface area contributed by atoms with Crippen molar-refractivity contribution in [2.75, 3.05) is 47.5 Å². The van der Waals surface area contributed by atoms with E-state index in [9.17, 15) is 19.0 Å². The second-order valence-corrected chi connectivity index (χ2v) is 25.6. The third-order valence-electron chi connectivity index (χ3n) is 15.0. The van der Waals surface area contributed by atoms with Crippen LogP contribution in [0.1, 0.15) is 322 Å². The largest absolute Gasteiger partial charge is 0.756 e. The van der Waals surface area contributed by atoms with E-state index in [2.05, 4.69) is 74.6 Å². The average molecular weight is 1140 g/mol. The highest BCUT2D eigenvalue weighted by molar-refractivity contribution is 7.45. The molecular weight excluding hydrogens is 1010 g/mol. The number of phosphoric ester groups is 1. The normalized spacial score (nSPS) is 13.5. The Kier molecular flexibility index (Phi) is 59.5. The van der Waals surface area contributed by atoms with Crippen LogP contribution in [-0.2, 0) is 32.7 Å². The summed E-state index contributed by atoms with van der Waals surface area (Å²) in [5.41, 5.74) is 0. The summed E-state index contributed by atoms with van der Waals surface area (Å²) in [5.74, 6) is -0.823. The molecule has 0 radical (unpaired) electrons. The number of ether oxygens (including phenoxy) is 2. The fourth-order valence-corrected chi connectivity index (χ4v) is 10.6. The molecule has 0 aromatic rings. The van der Waals surface area contributed by atoms with Gasteiger partial charge in [0.2, 0.25) is 0 Å². The third-order valence-corrected chi connectivity index (χ3v) is 16.0. The van der Waals surface area contributed by atoms with Gasteiger partial charge in [0.15, 0.2) is 6.10 Å². The van der Waals surface area contributed by atoms with E-state index < -0.39 is 26.5 Å². The maximum atomic E-state index is 12.8. The van der Waals surface area contributed by atoms with Crippen LogP contribution in [-0.4, -0.2) is 70.0 Å². The average Bonchev–Trinajstić information content (AvgIpc) is 3.42. The minimum Gasteiger partial charge on any atom is -0.756 e. The smallest absolute Gasteiger partial charge is 0.306 e. The fraction of sp³-hybridized carbons (Fsp3) is 0.829. The Morgan fingerprint density at radius 1 is 0.400 bits per heavy atom. The third kappa shape index (κ3) is 64.9. The van der Waals surface area contributed by atoms with Crippen molar-refractivity contribution in [1.82, 2.24) is 0 Å². The van der Waals surface area contributed by atoms with Crippen LogP contribution in [0.4, 0.5) is 0 Å². The van der Waals surface area contributed by atoms with Crippen LogP contribution in [0.5, 0.6) is 0 Å². The fourth-order valence-electron chi connectivity index (χ4n) is 9.82. The molecule has 0 aliphatic heterocycles. The molecule has 0 heterocycles. The first-order valence-corrected chi connectivity index (χ1v) is 35.5. The summed E-state index contributed by atoms with van der Waals surface area (Å²) < 4.78 is 34.2. The van der Waals surface area contributed by atoms with Crippen LogP contribution >= 0.6 is 7.82 Å². The second-order valence-electron chi connectivity index (χ2n) is 24.2. The van der Waals surface area contributed by atoms with Crippen LogP contribution in [0.25, 0.3) is 0 Å². The Labute approximate surface area is 496 Å². The van der Waals surface area contributed by atoms with E-state index in [0.29, 0.717) is 17.4 Å². The molecule has 0 fully saturated rings. The number of allylic oxidation sites excluding steroid dienone is 10. The highest BCUT2D eigenvalue weighted by Crippen LogP contribution is 2.38. The molecule has 2 unspecified atom stereocenters. The lowest BCUT2D eigenvalue weighted by atomic mass is 10.0. The van der Waals surface area contributed by atoms with Crippen molar-refractivity contribution < 1.29 is 42.1 Å². The number of hydrogen-bond donors (Lipinski definition) is 0. The first-order valence-electron chi connectivity index (χ1n) is 34.0. The molecule has 10 heteroatoms. The zero-order chi connectivity index (χ0) is 58.4. The van der Waals surface area contributed by atoms with Gasteiger partial charge in [-0.2, -0.15) is 0 Å². The molecule has 0 spiro atoms. The van der Waals surface area contributed by atoms with E-state index in [1.807, 2.05) is 21.1 Å². The lowest BCUT2D eigenvalue weighted by Gasteiger charge is -2.28. The predicted molar refractivity (Wildman–Crippen MR) is 342 cm³/mol. The molecule has 0 aliphatic rings. The van der Waals surface area contributed by atoms with Crippen LogP contribution in [0.3, 0.4) is 0 Å². The van der Waals surface area contributed by atoms with Gasteiger partial charge >= 0.3 is 11.9 Å². The van der Waals surface area contributed by atoms with Gasteiger partial charge in [0.05, 0.1) is 27.7 Å². The maximum Gasteiger partial charge on any atom is 0.306 e. The van der Waals surface area contributed by atoms with Gasteiger partial charge in [0.1, 0.15) is 19.8 Å². The Bertz CT molecular complexity index is 1530. The molecule has 0 saturated heterocycles. The van der Waals surface area contributed by atoms with Crippen molar-refractivity contribution in [1.29, 1.82) is 0 Å². The van der Waals surface area contributed by atoms with Crippen molar-refractivity contribution in [3.8, 4) is 0 Å². The maximum absolute atomic E-state index is 12.8. The van der Waals surface area contributed by atoms with Gasteiger partial charge < -0.3 is 27.9 Å². The Morgan fingerprint density at radius 2 is 0.713 bits per heavy atom. The first-order chi connectivity index (χ1) is 39.0. The van der Waals surface area contributed by atoms with Crippen LogP contribution in [0.15, 0.2) is 60.8 Å². The molecule has 468 valence electrons. The molecule has 80 heavy (non-hydrogen) atoms. The van der Waals surface area contributed by atoms with Gasteiger partial charge in [-0.1, -0.05) is 293 Å². The lowest BCUT2D eigenvalue weighted by molar-refractivity contribution is -0.870. The molecule has 0 aliphatic carbocycles. The lowest BCUT2D eigenvalue weighted by Crippen LogP contribution is -2.37. The van der Waals surface area contributed by atoms with Crippen molar-refractivity contribution in [3.05, 3.63) is 60.8 Å². The molecule has 0 bridgehead atoms. The quantitative estimate of drug-likeness (QED) is 0.0195. The van der Waals surface area contributed by atoms with Gasteiger partial charge in [-0.25, -0.2) is 0 Å². The highest BCUT2D eigenvalue weighted by atomic mass is 31.2. The van der Waals surface area contributed by atoms with Crippen LogP contribution in [0, 0.1) is 0 Å². The summed E-state index contributed by atoms with van der Waals surface area (Å²) in [6, 6.07) is 0. The molecule has 0 aromatic carbocycles. The SMILES string of the molecule is CC/C=C\C/C=C\C/C=C\C/C=C\CCCCCCCCCCCCCCCCCCCCCCCCCCCCC(=O)OC(COC(=O)CCCCCCCCC/C=C\CCCCCCCC)COP(=O)([O-])OCC[N+](C)(C)C. The summed E-state index contributed by atoms with van der Waals surface area (Å²) in [6.07, 6.45) is 80.3. The molecule has 9 nitrogen and oxygen atoms in total. The zero-order valence-electron chi connectivity index (χ0n) is 53.3. The van der Waals surface area contributed by atoms with E-state index in [1.165, 1.54) is 218 Å². The number of unbranched alkanes of at least 4 members (excludes halogenated alkanes) is 39. The Morgan fingerprint density at radius 3 is 1.07 bits per heavy atom. The molecule has 0 saturated carbocycles. The van der Waals surface area contributed by atoms with Gasteiger partial charge in [0, 0.05) is 12.8 Å². The Hall–Kier alpha value is -2.29. The summed E-state index contributed by atoms with van der Waals surface area (Å²) in [5, 5.41) is 0. The van der Waals surface area contributed by atoms with Crippen molar-refractivity contribution in [2.45, 2.75) is 328 Å². The zero-order valence-corrected chi connectivity index (χ0v) is 54.2. The van der Waals surface area contributed by atoms with Gasteiger partial charge in [-0.15, -0.1) is 0 Å². The minimum absolute atomic E-state index is 0.0299. The number of likely N-dealkylation sites (N-methyl/N-ethyl adjacent to an activating group) is 1. The summed E-state index contributed by atoms with van der Waals surface area (Å²) in [4.78, 5) is 37.9. The number of carbonyl (C=O) groups is 2. The standard InChI is InChI=1S/C70H130NO8P/c1-6-8-10-12-14-16-18-20-22-24-25-26-27-28-29-30-31-32-33-34-35-36-37-38-39-40-41-42-43-44-45-47-49-51-53-55-57-59-61-63-70(73)79-68(67-78-80(74,75)77-65-64-71(3,4)5)66-76-69(72)62-60-58-56-54-52-50-48-46-23-21-19-17-15-13-11-9-7-2/h8,10,14,16,20-23,25-26,68H,6-7,9,11-13,15,17-19,24,27-67H2,1-5H3/b10-8-,16-14-,22-20-,23-21-,26-25-. The Balaban J connectivity index is 3.91. The number of rotatable bonds is 63. The predicted octanol–water partition coefficient (Wildman–Crippen LogP) is 21.2. The van der Waals surface area contributed by atoms with Gasteiger partial charge in [-0.3, -0.25) is 14.2 Å². The number of quaternary nitrogens is 1.